The molecule has 1 N–H and O–H groups in total. The number of rotatable bonds is 4. The van der Waals surface area contributed by atoms with E-state index < -0.39 is 11.8 Å². The monoisotopic (exact) mass is 354 g/mol. The van der Waals surface area contributed by atoms with Gasteiger partial charge in [-0.1, -0.05) is 30.9 Å². The van der Waals surface area contributed by atoms with Gasteiger partial charge in [-0.25, -0.2) is 0 Å². The van der Waals surface area contributed by atoms with E-state index in [2.05, 4.69) is 5.32 Å². The molecule has 0 atom stereocenters. The van der Waals surface area contributed by atoms with Crippen LogP contribution in [0.25, 0.3) is 0 Å². The number of methoxy groups -OCH3 is 2. The van der Waals surface area contributed by atoms with E-state index >= 15 is 0 Å². The molecule has 0 aromatic heterocycles. The van der Waals surface area contributed by atoms with Crippen LogP contribution >= 0.6 is 11.6 Å². The van der Waals surface area contributed by atoms with Crippen molar-refractivity contribution in [2.45, 2.75) is 38.1 Å². The molecule has 2 amide bonds. The van der Waals surface area contributed by atoms with E-state index in [9.17, 15) is 9.59 Å². The fourth-order valence-electron chi connectivity index (χ4n) is 2.93. The molecule has 7 heteroatoms. The predicted molar refractivity (Wildman–Crippen MR) is 92.8 cm³/mol. The van der Waals surface area contributed by atoms with Crippen molar-refractivity contribution in [3.8, 4) is 11.5 Å². The molecule has 24 heavy (non-hydrogen) atoms. The van der Waals surface area contributed by atoms with E-state index in [0.29, 0.717) is 22.2 Å². The Balaban J connectivity index is 2.11. The minimum Gasteiger partial charge on any atom is -0.495 e. The summed E-state index contributed by atoms with van der Waals surface area (Å²) in [5.74, 6) is -0.508. The molecule has 0 heterocycles. The molecule has 0 radical (unpaired) electrons. The van der Waals surface area contributed by atoms with Gasteiger partial charge in [-0.05, 0) is 12.8 Å². The summed E-state index contributed by atoms with van der Waals surface area (Å²) in [5, 5.41) is 2.95. The van der Waals surface area contributed by atoms with Crippen molar-refractivity contribution in [1.82, 2.24) is 4.90 Å². The van der Waals surface area contributed by atoms with Gasteiger partial charge in [-0.3, -0.25) is 9.59 Å². The summed E-state index contributed by atoms with van der Waals surface area (Å²) in [6.07, 6.45) is 5.24. The van der Waals surface area contributed by atoms with Gasteiger partial charge < -0.3 is 19.7 Å². The molecule has 1 aromatic rings. The highest BCUT2D eigenvalue weighted by molar-refractivity contribution is 6.40. The molecule has 0 spiro atoms. The second kappa shape index (κ2) is 8.24. The average Bonchev–Trinajstić information content (AvgIpc) is 2.62. The molecule has 6 nitrogen and oxygen atoms in total. The van der Waals surface area contributed by atoms with Crippen LogP contribution in [-0.2, 0) is 9.59 Å². The normalized spacial score (nSPS) is 14.8. The number of carbonyl (C=O) groups excluding carboxylic acids is 2. The highest BCUT2D eigenvalue weighted by Crippen LogP contribution is 2.35. The lowest BCUT2D eigenvalue weighted by atomic mass is 9.94. The lowest BCUT2D eigenvalue weighted by Crippen LogP contribution is -2.44. The summed E-state index contributed by atoms with van der Waals surface area (Å²) in [6, 6.07) is 3.19. The highest BCUT2D eigenvalue weighted by Gasteiger charge is 2.27. The maximum atomic E-state index is 12.4. The number of nitrogens with zero attached hydrogens (tertiary/aromatic N) is 1. The Labute approximate surface area is 147 Å². The standard InChI is InChI=1S/C17H23ClN2O4/c1-20(11-7-5-4-6-8-11)17(22)16(21)19-13-10-14(23-2)12(18)9-15(13)24-3/h9-11H,4-8H2,1-3H3,(H,19,21). The number of benzene rings is 1. The molecule has 0 aliphatic heterocycles. The number of carbonyl (C=O) groups is 2. The van der Waals surface area contributed by atoms with Gasteiger partial charge in [0.25, 0.3) is 0 Å². The number of hydrogen-bond acceptors (Lipinski definition) is 4. The number of likely N-dealkylation sites (N-methyl/N-ethyl adjacent to an activating group) is 1. The van der Waals surface area contributed by atoms with Crippen LogP contribution in [0, 0.1) is 0 Å². The molecule has 1 aliphatic carbocycles. The molecule has 0 saturated heterocycles. The fraction of sp³-hybridized carbons (Fsp3) is 0.529. The van der Waals surface area contributed by atoms with Gasteiger partial charge in [0, 0.05) is 25.2 Å². The van der Waals surface area contributed by atoms with E-state index in [1.54, 1.807) is 7.05 Å². The van der Waals surface area contributed by atoms with Crippen molar-refractivity contribution in [2.24, 2.45) is 0 Å². The average molecular weight is 355 g/mol. The van der Waals surface area contributed by atoms with Gasteiger partial charge in [-0.2, -0.15) is 0 Å². The van der Waals surface area contributed by atoms with Crippen molar-refractivity contribution in [1.29, 1.82) is 0 Å². The number of nitrogens with one attached hydrogen (secondary N) is 1. The van der Waals surface area contributed by atoms with Gasteiger partial charge in [0.2, 0.25) is 0 Å². The first-order valence-electron chi connectivity index (χ1n) is 7.97. The Morgan fingerprint density at radius 1 is 1.12 bits per heavy atom. The summed E-state index contributed by atoms with van der Waals surface area (Å²) in [6.45, 7) is 0. The lowest BCUT2D eigenvalue weighted by Gasteiger charge is -2.30. The van der Waals surface area contributed by atoms with Crippen molar-refractivity contribution < 1.29 is 19.1 Å². The molecular weight excluding hydrogens is 332 g/mol. The van der Waals surface area contributed by atoms with Crippen LogP contribution in [0.15, 0.2) is 12.1 Å². The van der Waals surface area contributed by atoms with Crippen LogP contribution < -0.4 is 14.8 Å². The first-order valence-corrected chi connectivity index (χ1v) is 8.35. The van der Waals surface area contributed by atoms with E-state index in [4.69, 9.17) is 21.1 Å². The topological polar surface area (TPSA) is 67.9 Å². The number of hydrogen-bond donors (Lipinski definition) is 1. The van der Waals surface area contributed by atoms with Crippen molar-refractivity contribution >= 4 is 29.1 Å². The first kappa shape index (κ1) is 18.4. The van der Waals surface area contributed by atoms with Crippen LogP contribution in [0.5, 0.6) is 11.5 Å². The zero-order chi connectivity index (χ0) is 17.7. The third kappa shape index (κ3) is 4.12. The van der Waals surface area contributed by atoms with Gasteiger partial charge in [-0.15, -0.1) is 0 Å². The maximum absolute atomic E-state index is 12.4. The Hall–Kier alpha value is -1.95. The van der Waals surface area contributed by atoms with Crippen LogP contribution in [0.2, 0.25) is 5.02 Å². The molecule has 132 valence electrons. The third-order valence-corrected chi connectivity index (χ3v) is 4.65. The van der Waals surface area contributed by atoms with Gasteiger partial charge in [0.1, 0.15) is 11.5 Å². The van der Waals surface area contributed by atoms with Crippen molar-refractivity contribution in [3.05, 3.63) is 17.2 Å². The minimum absolute atomic E-state index is 0.124. The fourth-order valence-corrected chi connectivity index (χ4v) is 3.16. The minimum atomic E-state index is -0.703. The maximum Gasteiger partial charge on any atom is 0.314 e. The Morgan fingerprint density at radius 2 is 1.75 bits per heavy atom. The molecular formula is C17H23ClN2O4. The summed E-state index contributed by atoms with van der Waals surface area (Å²) in [4.78, 5) is 26.2. The summed E-state index contributed by atoms with van der Waals surface area (Å²) in [5.41, 5.74) is 0.342. The smallest absolute Gasteiger partial charge is 0.314 e. The molecule has 1 saturated carbocycles. The highest BCUT2D eigenvalue weighted by atomic mass is 35.5. The summed E-state index contributed by atoms with van der Waals surface area (Å²) < 4.78 is 10.3. The third-order valence-electron chi connectivity index (χ3n) is 4.36. The lowest BCUT2D eigenvalue weighted by molar-refractivity contribution is -0.144. The van der Waals surface area contributed by atoms with E-state index in [0.717, 1.165) is 25.7 Å². The van der Waals surface area contributed by atoms with Crippen LogP contribution in [0.1, 0.15) is 32.1 Å². The van der Waals surface area contributed by atoms with Gasteiger partial charge in [0.05, 0.1) is 24.9 Å². The molecule has 1 aliphatic rings. The largest absolute Gasteiger partial charge is 0.495 e. The zero-order valence-electron chi connectivity index (χ0n) is 14.2. The van der Waals surface area contributed by atoms with E-state index in [-0.39, 0.29) is 6.04 Å². The Kier molecular flexibility index (Phi) is 6.31. The van der Waals surface area contributed by atoms with E-state index in [1.165, 1.54) is 37.7 Å². The number of anilines is 1. The van der Waals surface area contributed by atoms with Gasteiger partial charge >= 0.3 is 11.8 Å². The second-order valence-electron chi connectivity index (χ2n) is 5.85. The van der Waals surface area contributed by atoms with Crippen LogP contribution in [0.4, 0.5) is 5.69 Å². The first-order chi connectivity index (χ1) is 11.5. The number of halogens is 1. The zero-order valence-corrected chi connectivity index (χ0v) is 15.0. The van der Waals surface area contributed by atoms with Crippen LogP contribution in [-0.4, -0.2) is 44.0 Å². The predicted octanol–water partition coefficient (Wildman–Crippen LogP) is 3.09. The van der Waals surface area contributed by atoms with Crippen LogP contribution in [0.3, 0.4) is 0 Å². The van der Waals surface area contributed by atoms with E-state index in [1.807, 2.05) is 0 Å². The second-order valence-corrected chi connectivity index (χ2v) is 6.26. The summed E-state index contributed by atoms with van der Waals surface area (Å²) in [7, 11) is 4.61. The summed E-state index contributed by atoms with van der Waals surface area (Å²) >= 11 is 6.04. The Morgan fingerprint density at radius 3 is 2.33 bits per heavy atom. The Bertz CT molecular complexity index is 615. The molecule has 1 fully saturated rings. The number of amides is 2. The molecule has 0 unspecified atom stereocenters. The van der Waals surface area contributed by atoms with Crippen molar-refractivity contribution in [2.75, 3.05) is 26.6 Å². The molecule has 0 bridgehead atoms. The molecule has 2 rings (SSSR count). The SMILES string of the molecule is COc1cc(NC(=O)C(=O)N(C)C2CCCCC2)c(OC)cc1Cl. The molecule has 1 aromatic carbocycles. The number of ether oxygens (including phenoxy) is 2. The van der Waals surface area contributed by atoms with Crippen molar-refractivity contribution in [3.63, 3.8) is 0 Å². The van der Waals surface area contributed by atoms with Gasteiger partial charge in [0.15, 0.2) is 0 Å². The quantitative estimate of drug-likeness (QED) is 0.844.